The molecule has 0 unspecified atom stereocenters. The zero-order chi connectivity index (χ0) is 13.5. The third kappa shape index (κ3) is 3.15. The lowest BCUT2D eigenvalue weighted by Crippen LogP contribution is -2.32. The van der Waals surface area contributed by atoms with Gasteiger partial charge in [-0.3, -0.25) is 0 Å². The minimum Gasteiger partial charge on any atom is -0.326 e. The Balaban J connectivity index is 0.00000180. The van der Waals surface area contributed by atoms with Crippen LogP contribution < -0.4 is 5.73 Å². The van der Waals surface area contributed by atoms with Gasteiger partial charge in [0, 0.05) is 19.1 Å². The maximum Gasteiger partial charge on any atom is 0.244 e. The molecule has 1 aromatic rings. The molecular weight excluding hydrogens is 338 g/mol. The quantitative estimate of drug-likeness (QED) is 0.833. The molecule has 9 heteroatoms. The zero-order valence-electron chi connectivity index (χ0n) is 9.64. The van der Waals surface area contributed by atoms with E-state index in [-0.39, 0.29) is 34.9 Å². The van der Waals surface area contributed by atoms with Gasteiger partial charge in [0.1, 0.15) is 4.90 Å². The highest BCUT2D eigenvalue weighted by Gasteiger charge is 2.33. The standard InChI is InChI=1S/C10H11Cl2FN2O2S.ClH/c11-7-1-2-8(9(12)10(7)13)18(16,17)15-4-3-6(14)5-15;/h1-2,6H,3-5,14H2;1H/t6-;/m1./s1. The lowest BCUT2D eigenvalue weighted by Gasteiger charge is -2.17. The number of nitrogens with zero attached hydrogens (tertiary/aromatic N) is 1. The summed E-state index contributed by atoms with van der Waals surface area (Å²) in [7, 11) is -3.82. The summed E-state index contributed by atoms with van der Waals surface area (Å²) in [6.45, 7) is 0.521. The Morgan fingerprint density at radius 2 is 2.00 bits per heavy atom. The van der Waals surface area contributed by atoms with Crippen molar-refractivity contribution in [3.05, 3.63) is 28.0 Å². The average Bonchev–Trinajstić information content (AvgIpc) is 2.73. The highest BCUT2D eigenvalue weighted by atomic mass is 35.5. The topological polar surface area (TPSA) is 63.4 Å². The van der Waals surface area contributed by atoms with E-state index in [1.165, 1.54) is 16.4 Å². The van der Waals surface area contributed by atoms with E-state index >= 15 is 0 Å². The van der Waals surface area contributed by atoms with Crippen molar-refractivity contribution in [3.63, 3.8) is 0 Å². The van der Waals surface area contributed by atoms with Crippen molar-refractivity contribution in [2.75, 3.05) is 13.1 Å². The van der Waals surface area contributed by atoms with Crippen LogP contribution in [0.1, 0.15) is 6.42 Å². The minimum absolute atomic E-state index is 0. The van der Waals surface area contributed by atoms with Gasteiger partial charge in [0.15, 0.2) is 5.82 Å². The lowest BCUT2D eigenvalue weighted by atomic mass is 10.3. The largest absolute Gasteiger partial charge is 0.326 e. The summed E-state index contributed by atoms with van der Waals surface area (Å²) >= 11 is 11.2. The summed E-state index contributed by atoms with van der Waals surface area (Å²) in [6.07, 6.45) is 0.576. The molecule has 0 spiro atoms. The molecule has 0 aliphatic carbocycles. The van der Waals surface area contributed by atoms with Gasteiger partial charge in [-0.2, -0.15) is 4.31 Å². The third-order valence-electron chi connectivity index (χ3n) is 2.81. The molecule has 1 atom stereocenters. The molecule has 0 bridgehead atoms. The Labute approximate surface area is 127 Å². The zero-order valence-corrected chi connectivity index (χ0v) is 12.8. The third-order valence-corrected chi connectivity index (χ3v) is 5.49. The first-order valence-electron chi connectivity index (χ1n) is 5.23. The predicted octanol–water partition coefficient (Wildman–Crippen LogP) is 2.28. The Morgan fingerprint density at radius 3 is 2.53 bits per heavy atom. The number of rotatable bonds is 2. The molecule has 1 saturated heterocycles. The van der Waals surface area contributed by atoms with Crippen LogP contribution in [0, 0.1) is 5.82 Å². The van der Waals surface area contributed by atoms with Gasteiger partial charge < -0.3 is 5.73 Å². The molecule has 0 radical (unpaired) electrons. The second kappa shape index (κ2) is 6.11. The molecule has 108 valence electrons. The van der Waals surface area contributed by atoms with Crippen LogP contribution in [0.25, 0.3) is 0 Å². The average molecular weight is 350 g/mol. The van der Waals surface area contributed by atoms with Crippen LogP contribution in [0.5, 0.6) is 0 Å². The van der Waals surface area contributed by atoms with E-state index in [1.54, 1.807) is 0 Å². The van der Waals surface area contributed by atoms with Crippen molar-refractivity contribution in [1.82, 2.24) is 4.31 Å². The molecule has 1 aliphatic heterocycles. The molecule has 1 fully saturated rings. The normalized spacial score (nSPS) is 20.3. The maximum absolute atomic E-state index is 13.5. The van der Waals surface area contributed by atoms with Crippen LogP contribution in [0.15, 0.2) is 17.0 Å². The molecule has 0 amide bonds. The number of hydrogen-bond acceptors (Lipinski definition) is 3. The van der Waals surface area contributed by atoms with E-state index in [1.807, 2.05) is 0 Å². The number of nitrogens with two attached hydrogens (primary N) is 1. The summed E-state index contributed by atoms with van der Waals surface area (Å²) in [5.41, 5.74) is 5.66. The van der Waals surface area contributed by atoms with Crippen LogP contribution in [-0.4, -0.2) is 31.9 Å². The summed E-state index contributed by atoms with van der Waals surface area (Å²) in [6, 6.07) is 2.18. The Hall–Kier alpha value is -0.110. The van der Waals surface area contributed by atoms with Gasteiger partial charge in [-0.25, -0.2) is 12.8 Å². The minimum atomic E-state index is -3.82. The number of halogens is 4. The van der Waals surface area contributed by atoms with Crippen LogP contribution in [0.4, 0.5) is 4.39 Å². The van der Waals surface area contributed by atoms with Crippen LogP contribution in [0.2, 0.25) is 10.0 Å². The van der Waals surface area contributed by atoms with Gasteiger partial charge in [0.2, 0.25) is 10.0 Å². The first-order valence-corrected chi connectivity index (χ1v) is 7.43. The second-order valence-corrected chi connectivity index (χ2v) is 6.78. The van der Waals surface area contributed by atoms with Crippen LogP contribution in [-0.2, 0) is 10.0 Å². The second-order valence-electron chi connectivity index (χ2n) is 4.09. The Morgan fingerprint density at radius 1 is 1.37 bits per heavy atom. The van der Waals surface area contributed by atoms with E-state index < -0.39 is 20.9 Å². The van der Waals surface area contributed by atoms with E-state index in [4.69, 9.17) is 28.9 Å². The lowest BCUT2D eigenvalue weighted by molar-refractivity contribution is 0.471. The van der Waals surface area contributed by atoms with Gasteiger partial charge >= 0.3 is 0 Å². The molecule has 1 aliphatic rings. The molecule has 0 saturated carbocycles. The van der Waals surface area contributed by atoms with E-state index in [2.05, 4.69) is 0 Å². The first kappa shape index (κ1) is 16.9. The summed E-state index contributed by atoms with van der Waals surface area (Å²) in [5.74, 6) is -0.928. The smallest absolute Gasteiger partial charge is 0.244 e. The van der Waals surface area contributed by atoms with Crippen molar-refractivity contribution < 1.29 is 12.8 Å². The van der Waals surface area contributed by atoms with Crippen molar-refractivity contribution in [2.24, 2.45) is 5.73 Å². The fourth-order valence-electron chi connectivity index (χ4n) is 1.82. The van der Waals surface area contributed by atoms with Gasteiger partial charge in [0.05, 0.1) is 10.0 Å². The summed E-state index contributed by atoms with van der Waals surface area (Å²) < 4.78 is 39.2. The van der Waals surface area contributed by atoms with E-state index in [0.29, 0.717) is 13.0 Å². The molecule has 0 aromatic heterocycles. The van der Waals surface area contributed by atoms with Gasteiger partial charge in [0.25, 0.3) is 0 Å². The maximum atomic E-state index is 13.5. The SMILES string of the molecule is Cl.N[C@@H]1CCN(S(=O)(=O)c2ccc(Cl)c(F)c2Cl)C1. The van der Waals surface area contributed by atoms with E-state index in [0.717, 1.165) is 0 Å². The molecule has 2 N–H and O–H groups in total. The molecule has 1 heterocycles. The molecular formula is C10H12Cl3FN2O2S. The fourth-order valence-corrected chi connectivity index (χ4v) is 4.05. The first-order chi connectivity index (χ1) is 8.34. The highest BCUT2D eigenvalue weighted by Crippen LogP contribution is 2.32. The van der Waals surface area contributed by atoms with Gasteiger partial charge in [-0.05, 0) is 18.6 Å². The van der Waals surface area contributed by atoms with Crippen LogP contribution >= 0.6 is 35.6 Å². The fraction of sp³-hybridized carbons (Fsp3) is 0.400. The summed E-state index contributed by atoms with van der Waals surface area (Å²) in [5, 5.41) is -0.694. The summed E-state index contributed by atoms with van der Waals surface area (Å²) in [4.78, 5) is -0.278. The molecule has 1 aromatic carbocycles. The van der Waals surface area contributed by atoms with Gasteiger partial charge in [-0.15, -0.1) is 12.4 Å². The molecule has 4 nitrogen and oxygen atoms in total. The number of hydrogen-bond donors (Lipinski definition) is 1. The van der Waals surface area contributed by atoms with Crippen LogP contribution in [0.3, 0.4) is 0 Å². The highest BCUT2D eigenvalue weighted by molar-refractivity contribution is 7.89. The predicted molar refractivity (Wildman–Crippen MR) is 75.0 cm³/mol. The Kier molecular flexibility index (Phi) is 5.45. The van der Waals surface area contributed by atoms with Crippen molar-refractivity contribution in [1.29, 1.82) is 0 Å². The number of benzene rings is 1. The van der Waals surface area contributed by atoms with Crippen molar-refractivity contribution >= 4 is 45.6 Å². The monoisotopic (exact) mass is 348 g/mol. The molecule has 2 rings (SSSR count). The molecule has 19 heavy (non-hydrogen) atoms. The van der Waals surface area contributed by atoms with Crippen molar-refractivity contribution in [2.45, 2.75) is 17.4 Å². The van der Waals surface area contributed by atoms with E-state index in [9.17, 15) is 12.8 Å². The van der Waals surface area contributed by atoms with Gasteiger partial charge in [-0.1, -0.05) is 23.2 Å². The van der Waals surface area contributed by atoms with Crippen molar-refractivity contribution in [3.8, 4) is 0 Å². The number of sulfonamides is 1. The Bertz CT molecular complexity index is 582.